The van der Waals surface area contributed by atoms with E-state index in [2.05, 4.69) is 53.5 Å². The molecule has 1 aliphatic heterocycles. The average molecular weight is 499 g/mol. The molecular formula is C25H34N6OS2. The molecule has 2 atom stereocenters. The molecule has 2 aliphatic rings. The standard InChI is InChI=1S/C25H30N6O.2H2S/c1-15(2)20-13-26-31-24(20)29-23(16-6-5-11-32-14-16)30-25(31)27-17-9-10-22-19(12-17)18-7-3-4-8-21(18)28-22;;/h3-4,7-8,13,15-17,28H,5-6,9-12,14H2,1-2H3,(H,27,29,30);2*1H2. The summed E-state index contributed by atoms with van der Waals surface area (Å²) >= 11 is 0. The molecule has 3 aromatic heterocycles. The normalized spacial score (nSPS) is 20.1. The van der Waals surface area contributed by atoms with Crippen LogP contribution in [0.25, 0.3) is 16.6 Å². The maximum atomic E-state index is 5.74. The largest absolute Gasteiger partial charge is 0.381 e. The Morgan fingerprint density at radius 2 is 2.00 bits per heavy atom. The number of hydrogen-bond acceptors (Lipinski definition) is 5. The van der Waals surface area contributed by atoms with Gasteiger partial charge < -0.3 is 15.0 Å². The number of H-pyrrole nitrogens is 1. The van der Waals surface area contributed by atoms with Crippen LogP contribution in [0.2, 0.25) is 0 Å². The summed E-state index contributed by atoms with van der Waals surface area (Å²) in [6, 6.07) is 8.91. The maximum Gasteiger partial charge on any atom is 0.227 e. The van der Waals surface area contributed by atoms with E-state index in [1.54, 1.807) is 0 Å². The molecule has 1 aliphatic carbocycles. The van der Waals surface area contributed by atoms with Crippen LogP contribution < -0.4 is 5.32 Å². The SMILES string of the molecule is CC(C)c1cnn2c(NC3CCc4[nH]c5ccccc5c4C3)nc(C3CCCOC3)nc12.S.S. The molecule has 1 fully saturated rings. The molecule has 182 valence electrons. The van der Waals surface area contributed by atoms with Crippen molar-refractivity contribution >= 4 is 49.5 Å². The van der Waals surface area contributed by atoms with Gasteiger partial charge in [-0.1, -0.05) is 32.0 Å². The molecule has 2 unspecified atom stereocenters. The van der Waals surface area contributed by atoms with Crippen LogP contribution in [-0.2, 0) is 17.6 Å². The Morgan fingerprint density at radius 3 is 2.79 bits per heavy atom. The molecule has 6 rings (SSSR count). The highest BCUT2D eigenvalue weighted by Crippen LogP contribution is 2.31. The lowest BCUT2D eigenvalue weighted by atomic mass is 9.91. The van der Waals surface area contributed by atoms with Crippen LogP contribution in [0, 0.1) is 0 Å². The third-order valence-corrected chi connectivity index (χ3v) is 6.99. The Morgan fingerprint density at radius 1 is 1.15 bits per heavy atom. The first-order valence-electron chi connectivity index (χ1n) is 11.9. The Balaban J connectivity index is 0.00000137. The van der Waals surface area contributed by atoms with E-state index in [1.807, 2.05) is 10.7 Å². The third-order valence-electron chi connectivity index (χ3n) is 6.99. The molecule has 7 nitrogen and oxygen atoms in total. The van der Waals surface area contributed by atoms with Crippen molar-refractivity contribution in [3.05, 3.63) is 53.1 Å². The summed E-state index contributed by atoms with van der Waals surface area (Å²) in [4.78, 5) is 13.6. The summed E-state index contributed by atoms with van der Waals surface area (Å²) in [5, 5.41) is 9.75. The summed E-state index contributed by atoms with van der Waals surface area (Å²) in [5.74, 6) is 2.28. The second-order valence-electron chi connectivity index (χ2n) is 9.52. The molecule has 4 heterocycles. The first-order chi connectivity index (χ1) is 15.7. The zero-order chi connectivity index (χ0) is 21.7. The van der Waals surface area contributed by atoms with Crippen molar-refractivity contribution in [2.24, 2.45) is 0 Å². The van der Waals surface area contributed by atoms with Gasteiger partial charge in [0.15, 0.2) is 5.65 Å². The summed E-state index contributed by atoms with van der Waals surface area (Å²) in [5.41, 5.74) is 6.12. The zero-order valence-electron chi connectivity index (χ0n) is 19.8. The lowest BCUT2D eigenvalue weighted by molar-refractivity contribution is 0.0781. The van der Waals surface area contributed by atoms with Crippen LogP contribution >= 0.6 is 27.0 Å². The first kappa shape index (κ1) is 24.9. The van der Waals surface area contributed by atoms with Crippen LogP contribution in [-0.4, -0.2) is 43.8 Å². The number of para-hydroxylation sites is 1. The Hall–Kier alpha value is -2.23. The van der Waals surface area contributed by atoms with Crippen LogP contribution in [0.3, 0.4) is 0 Å². The van der Waals surface area contributed by atoms with E-state index in [9.17, 15) is 0 Å². The fraction of sp³-hybridized carbons (Fsp3) is 0.480. The Kier molecular flexibility index (Phi) is 7.45. The first-order valence-corrected chi connectivity index (χ1v) is 11.9. The second kappa shape index (κ2) is 10.2. The van der Waals surface area contributed by atoms with Gasteiger partial charge in [-0.25, -0.2) is 4.98 Å². The van der Waals surface area contributed by atoms with E-state index in [0.29, 0.717) is 18.6 Å². The van der Waals surface area contributed by atoms with Gasteiger partial charge >= 0.3 is 0 Å². The van der Waals surface area contributed by atoms with Gasteiger partial charge in [-0.15, -0.1) is 0 Å². The molecule has 34 heavy (non-hydrogen) atoms. The van der Waals surface area contributed by atoms with Crippen molar-refractivity contribution < 1.29 is 4.74 Å². The highest BCUT2D eigenvalue weighted by Gasteiger charge is 2.26. The molecule has 2 N–H and O–H groups in total. The molecule has 0 saturated carbocycles. The molecular weight excluding hydrogens is 464 g/mol. The van der Waals surface area contributed by atoms with Crippen molar-refractivity contribution in [2.75, 3.05) is 18.5 Å². The lowest BCUT2D eigenvalue weighted by Gasteiger charge is -2.25. The van der Waals surface area contributed by atoms with Gasteiger partial charge in [0.1, 0.15) is 5.82 Å². The van der Waals surface area contributed by atoms with Gasteiger partial charge in [-0.2, -0.15) is 41.6 Å². The topological polar surface area (TPSA) is 80.1 Å². The average Bonchev–Trinajstić information content (AvgIpc) is 3.41. The predicted molar refractivity (Wildman–Crippen MR) is 146 cm³/mol. The Labute approximate surface area is 214 Å². The van der Waals surface area contributed by atoms with Gasteiger partial charge in [0.25, 0.3) is 0 Å². The molecule has 4 aromatic rings. The summed E-state index contributed by atoms with van der Waals surface area (Å²) in [7, 11) is 0. The number of anilines is 1. The minimum atomic E-state index is 0. The van der Waals surface area contributed by atoms with Gasteiger partial charge in [0.05, 0.1) is 12.8 Å². The van der Waals surface area contributed by atoms with Crippen molar-refractivity contribution in [3.8, 4) is 0 Å². The van der Waals surface area contributed by atoms with Gasteiger partial charge in [-0.3, -0.25) is 0 Å². The smallest absolute Gasteiger partial charge is 0.227 e. The number of aromatic nitrogens is 5. The number of nitrogens with zero attached hydrogens (tertiary/aromatic N) is 4. The highest BCUT2D eigenvalue weighted by atomic mass is 32.1. The van der Waals surface area contributed by atoms with Crippen LogP contribution in [0.4, 0.5) is 5.95 Å². The molecule has 9 heteroatoms. The van der Waals surface area contributed by atoms with E-state index in [1.165, 1.54) is 22.2 Å². The summed E-state index contributed by atoms with van der Waals surface area (Å²) in [6.45, 7) is 5.91. The minimum Gasteiger partial charge on any atom is -0.381 e. The van der Waals surface area contributed by atoms with E-state index in [-0.39, 0.29) is 32.9 Å². The monoisotopic (exact) mass is 498 g/mol. The molecule has 0 bridgehead atoms. The molecule has 0 amide bonds. The maximum absolute atomic E-state index is 5.74. The molecule has 1 saturated heterocycles. The number of nitrogens with one attached hydrogen (secondary N) is 2. The van der Waals surface area contributed by atoms with Crippen LogP contribution in [0.15, 0.2) is 30.5 Å². The zero-order valence-corrected chi connectivity index (χ0v) is 21.8. The third kappa shape index (κ3) is 4.41. The van der Waals surface area contributed by atoms with Gasteiger partial charge in [0.2, 0.25) is 5.95 Å². The van der Waals surface area contributed by atoms with Crippen molar-refractivity contribution in [2.45, 2.75) is 63.8 Å². The number of rotatable bonds is 4. The molecule has 1 aromatic carbocycles. The van der Waals surface area contributed by atoms with E-state index in [0.717, 1.165) is 61.7 Å². The van der Waals surface area contributed by atoms with Crippen molar-refractivity contribution in [1.29, 1.82) is 0 Å². The van der Waals surface area contributed by atoms with E-state index < -0.39 is 0 Å². The summed E-state index contributed by atoms with van der Waals surface area (Å²) < 4.78 is 7.64. The van der Waals surface area contributed by atoms with E-state index >= 15 is 0 Å². The lowest BCUT2D eigenvalue weighted by Crippen LogP contribution is -2.29. The van der Waals surface area contributed by atoms with E-state index in [4.69, 9.17) is 14.7 Å². The number of fused-ring (bicyclic) bond motifs is 4. The second-order valence-corrected chi connectivity index (χ2v) is 9.52. The van der Waals surface area contributed by atoms with Crippen LogP contribution in [0.1, 0.15) is 67.6 Å². The highest BCUT2D eigenvalue weighted by molar-refractivity contribution is 7.59. The summed E-state index contributed by atoms with van der Waals surface area (Å²) in [6.07, 6.45) is 7.15. The number of ether oxygens (including phenoxy) is 1. The Bertz CT molecular complexity index is 1280. The van der Waals surface area contributed by atoms with Gasteiger partial charge in [-0.05, 0) is 49.7 Å². The molecule has 0 radical (unpaired) electrons. The van der Waals surface area contributed by atoms with Gasteiger partial charge in [0, 0.05) is 40.7 Å². The van der Waals surface area contributed by atoms with Crippen molar-refractivity contribution in [1.82, 2.24) is 24.6 Å². The number of benzene rings is 1. The fourth-order valence-electron chi connectivity index (χ4n) is 5.21. The van der Waals surface area contributed by atoms with Crippen molar-refractivity contribution in [3.63, 3.8) is 0 Å². The number of hydrogen-bond donors (Lipinski definition) is 2. The fourth-order valence-corrected chi connectivity index (χ4v) is 5.21. The molecule has 0 spiro atoms. The van der Waals surface area contributed by atoms with Crippen LogP contribution in [0.5, 0.6) is 0 Å². The predicted octanol–water partition coefficient (Wildman–Crippen LogP) is 4.82. The minimum absolute atomic E-state index is 0. The number of aryl methyl sites for hydroxylation is 1. The quantitative estimate of drug-likeness (QED) is 0.422. The number of aromatic amines is 1.